The van der Waals surface area contributed by atoms with Gasteiger partial charge in [0.15, 0.2) is 0 Å². The molecule has 0 radical (unpaired) electrons. The van der Waals surface area contributed by atoms with Crippen LogP contribution >= 0.6 is 0 Å². The number of hydrogen-bond acceptors (Lipinski definition) is 3. The normalized spacial score (nSPS) is 19.4. The Hall–Kier alpha value is -0.980. The van der Waals surface area contributed by atoms with E-state index in [9.17, 15) is 12.8 Å². The minimum Gasteiger partial charge on any atom is -0.316 e. The van der Waals surface area contributed by atoms with E-state index in [1.165, 1.54) is 16.4 Å². The molecule has 0 unspecified atom stereocenters. The van der Waals surface area contributed by atoms with Crippen molar-refractivity contribution in [2.75, 3.05) is 20.1 Å². The molecule has 4 nitrogen and oxygen atoms in total. The first-order valence-corrected chi connectivity index (χ1v) is 8.13. The third kappa shape index (κ3) is 3.02. The van der Waals surface area contributed by atoms with Gasteiger partial charge in [-0.3, -0.25) is 0 Å². The Morgan fingerprint density at radius 2 is 2.10 bits per heavy atom. The summed E-state index contributed by atoms with van der Waals surface area (Å²) in [5.41, 5.74) is 0.706. The molecule has 1 heterocycles. The van der Waals surface area contributed by atoms with E-state index < -0.39 is 15.8 Å². The van der Waals surface area contributed by atoms with Crippen molar-refractivity contribution in [3.8, 4) is 0 Å². The summed E-state index contributed by atoms with van der Waals surface area (Å²) in [6, 6.07) is 4.24. The minimum atomic E-state index is -3.75. The van der Waals surface area contributed by atoms with Crippen LogP contribution in [0.15, 0.2) is 23.1 Å². The summed E-state index contributed by atoms with van der Waals surface area (Å²) in [5.74, 6) is -0.686. The fourth-order valence-electron chi connectivity index (χ4n) is 2.47. The highest BCUT2D eigenvalue weighted by Gasteiger charge is 2.37. The second-order valence-electron chi connectivity index (χ2n) is 6.05. The van der Waals surface area contributed by atoms with E-state index in [2.05, 4.69) is 5.32 Å². The molecule has 1 fully saturated rings. The van der Waals surface area contributed by atoms with Gasteiger partial charge in [0, 0.05) is 19.6 Å². The molecule has 1 aliphatic heterocycles. The average molecular weight is 300 g/mol. The Kier molecular flexibility index (Phi) is 4.18. The smallest absolute Gasteiger partial charge is 0.246 e. The lowest BCUT2D eigenvalue weighted by Crippen LogP contribution is -2.31. The molecular formula is C14H21FN2O2S. The Bertz CT molecular complexity index is 599. The monoisotopic (exact) mass is 300 g/mol. The Balaban J connectivity index is 2.37. The van der Waals surface area contributed by atoms with Crippen molar-refractivity contribution in [3.63, 3.8) is 0 Å². The van der Waals surface area contributed by atoms with Gasteiger partial charge in [-0.25, -0.2) is 12.8 Å². The first kappa shape index (κ1) is 15.4. The molecule has 0 bridgehead atoms. The van der Waals surface area contributed by atoms with Crippen molar-refractivity contribution in [1.29, 1.82) is 0 Å². The lowest BCUT2D eigenvalue weighted by Gasteiger charge is -2.20. The van der Waals surface area contributed by atoms with Crippen molar-refractivity contribution in [2.24, 2.45) is 5.41 Å². The van der Waals surface area contributed by atoms with Gasteiger partial charge in [-0.2, -0.15) is 4.31 Å². The van der Waals surface area contributed by atoms with Gasteiger partial charge in [0.1, 0.15) is 10.7 Å². The maximum atomic E-state index is 13.9. The highest BCUT2D eigenvalue weighted by Crippen LogP contribution is 2.33. The first-order chi connectivity index (χ1) is 9.26. The van der Waals surface area contributed by atoms with Crippen molar-refractivity contribution in [2.45, 2.75) is 31.7 Å². The number of hydrogen-bond donors (Lipinski definition) is 1. The summed E-state index contributed by atoms with van der Waals surface area (Å²) in [5, 5.41) is 2.93. The quantitative estimate of drug-likeness (QED) is 0.925. The summed E-state index contributed by atoms with van der Waals surface area (Å²) >= 11 is 0. The van der Waals surface area contributed by atoms with Gasteiger partial charge >= 0.3 is 0 Å². The fourth-order valence-corrected chi connectivity index (χ4v) is 4.21. The number of nitrogens with zero attached hydrogens (tertiary/aromatic N) is 1. The zero-order valence-electron chi connectivity index (χ0n) is 12.1. The number of benzene rings is 1. The molecule has 0 aromatic heterocycles. The lowest BCUT2D eigenvalue weighted by atomic mass is 9.93. The fraction of sp³-hybridized carbons (Fsp3) is 0.571. The molecule has 20 heavy (non-hydrogen) atoms. The van der Waals surface area contributed by atoms with Gasteiger partial charge < -0.3 is 5.32 Å². The van der Waals surface area contributed by atoms with Crippen LogP contribution in [-0.4, -0.2) is 32.9 Å². The largest absolute Gasteiger partial charge is 0.316 e. The zero-order valence-corrected chi connectivity index (χ0v) is 12.9. The van der Waals surface area contributed by atoms with Crippen LogP contribution in [0.4, 0.5) is 4.39 Å². The van der Waals surface area contributed by atoms with Crippen LogP contribution in [0.1, 0.15) is 25.8 Å². The topological polar surface area (TPSA) is 49.4 Å². The van der Waals surface area contributed by atoms with Crippen molar-refractivity contribution in [3.05, 3.63) is 29.6 Å². The minimum absolute atomic E-state index is 0.0495. The molecule has 0 spiro atoms. The van der Waals surface area contributed by atoms with Crippen LogP contribution < -0.4 is 5.32 Å². The second kappa shape index (κ2) is 5.42. The van der Waals surface area contributed by atoms with Crippen LogP contribution in [0.25, 0.3) is 0 Å². The first-order valence-electron chi connectivity index (χ1n) is 6.69. The molecule has 0 aliphatic carbocycles. The van der Waals surface area contributed by atoms with E-state index in [0.717, 1.165) is 12.0 Å². The maximum absolute atomic E-state index is 13.9. The van der Waals surface area contributed by atoms with Crippen molar-refractivity contribution in [1.82, 2.24) is 9.62 Å². The number of nitrogens with one attached hydrogen (secondary N) is 1. The lowest BCUT2D eigenvalue weighted by molar-refractivity contribution is 0.374. The molecule has 2 rings (SSSR count). The third-order valence-corrected chi connectivity index (χ3v) is 5.50. The molecule has 1 saturated heterocycles. The van der Waals surface area contributed by atoms with Gasteiger partial charge in [0.25, 0.3) is 0 Å². The Morgan fingerprint density at radius 3 is 2.65 bits per heavy atom. The molecule has 1 aromatic rings. The Labute approximate surface area is 120 Å². The SMILES string of the molecule is CNCc1ccc(F)c(S(=O)(=O)N2CCC(C)(C)C2)c1. The number of rotatable bonds is 4. The summed E-state index contributed by atoms with van der Waals surface area (Å²) in [6.45, 7) is 5.44. The third-order valence-electron chi connectivity index (χ3n) is 3.64. The molecule has 0 saturated carbocycles. The molecule has 1 aliphatic rings. The standard InChI is InChI=1S/C14H21FN2O2S/c1-14(2)6-7-17(10-14)20(18,19)13-8-11(9-16-3)4-5-12(13)15/h4-5,8,16H,6-7,9-10H2,1-3H3. The van der Waals surface area contributed by atoms with E-state index in [-0.39, 0.29) is 10.3 Å². The van der Waals surface area contributed by atoms with Gasteiger partial charge in [-0.05, 0) is 36.6 Å². The van der Waals surface area contributed by atoms with Crippen LogP contribution in [0.2, 0.25) is 0 Å². The highest BCUT2D eigenvalue weighted by molar-refractivity contribution is 7.89. The number of sulfonamides is 1. The van der Waals surface area contributed by atoms with E-state index in [4.69, 9.17) is 0 Å². The number of halogens is 1. The Morgan fingerprint density at radius 1 is 1.40 bits per heavy atom. The molecule has 1 aromatic carbocycles. The molecule has 112 valence electrons. The van der Waals surface area contributed by atoms with E-state index in [0.29, 0.717) is 19.6 Å². The predicted octanol–water partition coefficient (Wildman–Crippen LogP) is 1.97. The molecule has 0 atom stereocenters. The predicted molar refractivity (Wildman–Crippen MR) is 76.3 cm³/mol. The molecule has 6 heteroatoms. The average Bonchev–Trinajstić information content (AvgIpc) is 2.73. The molecule has 0 amide bonds. The van der Waals surface area contributed by atoms with E-state index >= 15 is 0 Å². The van der Waals surface area contributed by atoms with Gasteiger partial charge in [-0.1, -0.05) is 19.9 Å². The summed E-state index contributed by atoms with van der Waals surface area (Å²) in [7, 11) is -1.99. The zero-order chi connectivity index (χ0) is 15.0. The van der Waals surface area contributed by atoms with Crippen molar-refractivity contribution >= 4 is 10.0 Å². The summed E-state index contributed by atoms with van der Waals surface area (Å²) < 4.78 is 40.4. The van der Waals surface area contributed by atoms with E-state index in [1.54, 1.807) is 13.1 Å². The summed E-state index contributed by atoms with van der Waals surface area (Å²) in [4.78, 5) is -0.219. The van der Waals surface area contributed by atoms with Crippen LogP contribution in [0.5, 0.6) is 0 Å². The van der Waals surface area contributed by atoms with Crippen LogP contribution in [0, 0.1) is 11.2 Å². The van der Waals surface area contributed by atoms with Gasteiger partial charge in [-0.15, -0.1) is 0 Å². The van der Waals surface area contributed by atoms with E-state index in [1.807, 2.05) is 13.8 Å². The molecular weight excluding hydrogens is 279 g/mol. The van der Waals surface area contributed by atoms with Crippen molar-refractivity contribution < 1.29 is 12.8 Å². The second-order valence-corrected chi connectivity index (χ2v) is 7.95. The maximum Gasteiger partial charge on any atom is 0.246 e. The van der Waals surface area contributed by atoms with Crippen LogP contribution in [-0.2, 0) is 16.6 Å². The molecule has 1 N–H and O–H groups in total. The van der Waals surface area contributed by atoms with Gasteiger partial charge in [0.05, 0.1) is 0 Å². The van der Waals surface area contributed by atoms with Gasteiger partial charge in [0.2, 0.25) is 10.0 Å². The van der Waals surface area contributed by atoms with Crippen LogP contribution in [0.3, 0.4) is 0 Å². The summed E-state index contributed by atoms with van der Waals surface area (Å²) in [6.07, 6.45) is 0.796. The highest BCUT2D eigenvalue weighted by atomic mass is 32.2.